The molecule has 0 saturated heterocycles. The molecule has 142 valence electrons. The molecule has 0 radical (unpaired) electrons. The molecule has 0 aromatic rings. The first-order valence-corrected chi connectivity index (χ1v) is 9.40. The van der Waals surface area contributed by atoms with Crippen molar-refractivity contribution in [2.75, 3.05) is 0 Å². The summed E-state index contributed by atoms with van der Waals surface area (Å²) in [5, 5.41) is 0. The van der Waals surface area contributed by atoms with Gasteiger partial charge >= 0.3 is 5.97 Å². The van der Waals surface area contributed by atoms with Crippen molar-refractivity contribution in [2.45, 2.75) is 53.6 Å². The summed E-state index contributed by atoms with van der Waals surface area (Å²) in [4.78, 5) is 37.3. The van der Waals surface area contributed by atoms with Crippen LogP contribution in [-0.4, -0.2) is 23.6 Å². The van der Waals surface area contributed by atoms with Crippen molar-refractivity contribution in [3.8, 4) is 0 Å². The van der Waals surface area contributed by atoms with Gasteiger partial charge in [-0.15, -0.1) is 0 Å². The van der Waals surface area contributed by atoms with Crippen LogP contribution in [0.15, 0.2) is 36.0 Å². The zero-order valence-corrected chi connectivity index (χ0v) is 16.5. The molecular weight excluding hydrogens is 328 g/mol. The molecule has 0 unspecified atom stereocenters. The number of ether oxygens (including phenoxy) is 1. The van der Waals surface area contributed by atoms with Gasteiger partial charge in [0.25, 0.3) is 0 Å². The predicted octanol–water partition coefficient (Wildman–Crippen LogP) is 4.06. The molecule has 0 N–H and O–H groups in total. The van der Waals surface area contributed by atoms with Crippen LogP contribution >= 0.6 is 0 Å². The topological polar surface area (TPSA) is 60.4 Å². The van der Waals surface area contributed by atoms with Gasteiger partial charge < -0.3 is 4.74 Å². The van der Waals surface area contributed by atoms with E-state index < -0.39 is 6.10 Å². The summed E-state index contributed by atoms with van der Waals surface area (Å²) in [6, 6.07) is 0. The van der Waals surface area contributed by atoms with E-state index in [0.29, 0.717) is 12.8 Å². The first-order chi connectivity index (χ1) is 12.1. The monoisotopic (exact) mass is 358 g/mol. The highest BCUT2D eigenvalue weighted by Crippen LogP contribution is 2.41. The minimum Gasteiger partial charge on any atom is -0.458 e. The Balaban J connectivity index is 2.47. The molecular formula is C22H30O4. The lowest BCUT2D eigenvalue weighted by atomic mass is 9.87. The molecule has 1 fully saturated rings. The van der Waals surface area contributed by atoms with E-state index in [4.69, 9.17) is 4.74 Å². The number of hydrogen-bond acceptors (Lipinski definition) is 4. The van der Waals surface area contributed by atoms with Crippen LogP contribution in [0.4, 0.5) is 0 Å². The first kappa shape index (κ1) is 20.3. The van der Waals surface area contributed by atoms with E-state index in [2.05, 4.69) is 6.58 Å². The number of carbonyl (C=O) groups is 3. The van der Waals surface area contributed by atoms with Crippen LogP contribution in [0.5, 0.6) is 0 Å². The average molecular weight is 358 g/mol. The van der Waals surface area contributed by atoms with E-state index in [1.165, 1.54) is 6.92 Å². The molecule has 0 amide bonds. The quantitative estimate of drug-likeness (QED) is 0.552. The van der Waals surface area contributed by atoms with Crippen LogP contribution in [-0.2, 0) is 19.1 Å². The van der Waals surface area contributed by atoms with Crippen molar-refractivity contribution < 1.29 is 19.1 Å². The van der Waals surface area contributed by atoms with E-state index >= 15 is 0 Å². The Labute approximate surface area is 156 Å². The summed E-state index contributed by atoms with van der Waals surface area (Å²) < 4.78 is 5.52. The van der Waals surface area contributed by atoms with Crippen molar-refractivity contribution >= 4 is 17.5 Å². The van der Waals surface area contributed by atoms with Gasteiger partial charge in [0.15, 0.2) is 0 Å². The SMILES string of the molecule is C=C(C)[C@H]1/C=C/[C@@H](C)C(=O)[C@H]2C[C@@H](C)[C@H](OC(C)=O)/C2=C\[C@H](C)C(=O)C1. The van der Waals surface area contributed by atoms with Gasteiger partial charge in [0.1, 0.15) is 17.7 Å². The van der Waals surface area contributed by atoms with E-state index in [-0.39, 0.29) is 47.1 Å². The molecule has 0 heterocycles. The summed E-state index contributed by atoms with van der Waals surface area (Å²) in [5.41, 5.74) is 1.72. The molecule has 2 aliphatic carbocycles. The molecule has 4 nitrogen and oxygen atoms in total. The minimum atomic E-state index is -0.425. The van der Waals surface area contributed by atoms with Crippen molar-refractivity contribution in [1.29, 1.82) is 0 Å². The standard InChI is InChI=1S/C22H30O4/c1-12(2)17-8-7-13(3)21(25)18-10-15(5)22(26-16(6)23)19(18)9-14(4)20(24)11-17/h7-9,13-15,17-18,22H,1,10-11H2,2-6H3/b8-7+,19-9-/t13-,14+,15-,17+,18+,22+/m1/s1. The van der Waals surface area contributed by atoms with E-state index in [1.54, 1.807) is 0 Å². The van der Waals surface area contributed by atoms with Crippen LogP contribution in [0.2, 0.25) is 0 Å². The van der Waals surface area contributed by atoms with Crippen LogP contribution < -0.4 is 0 Å². The number of allylic oxidation sites excluding steroid dienone is 4. The Kier molecular flexibility index (Phi) is 6.38. The maximum atomic E-state index is 13.1. The predicted molar refractivity (Wildman–Crippen MR) is 101 cm³/mol. The molecule has 2 aliphatic rings. The third-order valence-corrected chi connectivity index (χ3v) is 5.58. The maximum Gasteiger partial charge on any atom is 0.303 e. The Morgan fingerprint density at radius 3 is 2.35 bits per heavy atom. The molecule has 0 aromatic heterocycles. The molecule has 26 heavy (non-hydrogen) atoms. The molecule has 2 rings (SSSR count). The number of Topliss-reactive ketones (excluding diaryl/α,β-unsaturated/α-hetero) is 2. The van der Waals surface area contributed by atoms with Crippen molar-refractivity contribution in [2.24, 2.45) is 29.6 Å². The normalized spacial score (nSPS) is 38.6. The van der Waals surface area contributed by atoms with Gasteiger partial charge in [0.05, 0.1) is 0 Å². The van der Waals surface area contributed by atoms with Crippen molar-refractivity contribution in [3.05, 3.63) is 36.0 Å². The fraction of sp³-hybridized carbons (Fsp3) is 0.591. The average Bonchev–Trinajstić information content (AvgIpc) is 2.84. The summed E-state index contributed by atoms with van der Waals surface area (Å²) in [6.45, 7) is 13.0. The zero-order chi connectivity index (χ0) is 19.6. The minimum absolute atomic E-state index is 0.0558. The van der Waals surface area contributed by atoms with Crippen LogP contribution in [0.3, 0.4) is 0 Å². The molecule has 0 bridgehead atoms. The van der Waals surface area contributed by atoms with Gasteiger partial charge in [-0.1, -0.05) is 51.2 Å². The molecule has 0 aromatic carbocycles. The summed E-state index contributed by atoms with van der Waals surface area (Å²) >= 11 is 0. The summed E-state index contributed by atoms with van der Waals surface area (Å²) in [6.07, 6.45) is 6.30. The Hall–Kier alpha value is -1.97. The molecule has 0 aliphatic heterocycles. The number of esters is 1. The fourth-order valence-corrected chi connectivity index (χ4v) is 3.92. The van der Waals surface area contributed by atoms with Gasteiger partial charge in [-0.2, -0.15) is 0 Å². The molecule has 6 atom stereocenters. The third kappa shape index (κ3) is 4.40. The second-order valence-electron chi connectivity index (χ2n) is 7.95. The van der Waals surface area contributed by atoms with E-state index in [9.17, 15) is 14.4 Å². The first-order valence-electron chi connectivity index (χ1n) is 9.40. The van der Waals surface area contributed by atoms with Crippen LogP contribution in [0.1, 0.15) is 47.5 Å². The lowest BCUT2D eigenvalue weighted by Crippen LogP contribution is -2.25. The molecule has 0 spiro atoms. The highest BCUT2D eigenvalue weighted by Gasteiger charge is 2.43. The van der Waals surface area contributed by atoms with Crippen molar-refractivity contribution in [3.63, 3.8) is 0 Å². The Bertz CT molecular complexity index is 670. The van der Waals surface area contributed by atoms with Gasteiger partial charge in [-0.25, -0.2) is 0 Å². The molecule has 1 saturated carbocycles. The van der Waals surface area contributed by atoms with Crippen LogP contribution in [0, 0.1) is 29.6 Å². The van der Waals surface area contributed by atoms with Crippen LogP contribution in [0.25, 0.3) is 0 Å². The third-order valence-electron chi connectivity index (χ3n) is 5.58. The summed E-state index contributed by atoms with van der Waals surface area (Å²) in [5.74, 6) is -1.01. The van der Waals surface area contributed by atoms with Gasteiger partial charge in [0, 0.05) is 37.0 Å². The zero-order valence-electron chi connectivity index (χ0n) is 16.5. The smallest absolute Gasteiger partial charge is 0.303 e. The number of hydrogen-bond donors (Lipinski definition) is 0. The highest BCUT2D eigenvalue weighted by atomic mass is 16.5. The van der Waals surface area contributed by atoms with Gasteiger partial charge in [-0.3, -0.25) is 14.4 Å². The van der Waals surface area contributed by atoms with Gasteiger partial charge in [-0.05, 0) is 24.8 Å². The Morgan fingerprint density at radius 2 is 1.77 bits per heavy atom. The number of carbonyl (C=O) groups excluding carboxylic acids is 3. The van der Waals surface area contributed by atoms with Crippen molar-refractivity contribution in [1.82, 2.24) is 0 Å². The molecule has 4 heteroatoms. The number of rotatable bonds is 2. The van der Waals surface area contributed by atoms with E-state index in [1.807, 2.05) is 45.9 Å². The number of fused-ring (bicyclic) bond motifs is 1. The highest BCUT2D eigenvalue weighted by molar-refractivity contribution is 5.89. The number of ketones is 2. The Morgan fingerprint density at radius 1 is 1.12 bits per heavy atom. The largest absolute Gasteiger partial charge is 0.458 e. The lowest BCUT2D eigenvalue weighted by Gasteiger charge is -2.20. The van der Waals surface area contributed by atoms with E-state index in [0.717, 1.165) is 11.1 Å². The second kappa shape index (κ2) is 8.15. The maximum absolute atomic E-state index is 13.1. The lowest BCUT2D eigenvalue weighted by molar-refractivity contribution is -0.146. The summed E-state index contributed by atoms with van der Waals surface area (Å²) in [7, 11) is 0. The second-order valence-corrected chi connectivity index (χ2v) is 7.95. The van der Waals surface area contributed by atoms with Gasteiger partial charge in [0.2, 0.25) is 0 Å². The fourth-order valence-electron chi connectivity index (χ4n) is 3.92.